The molecule has 3 heteroatoms. The van der Waals surface area contributed by atoms with E-state index >= 15 is 0 Å². The lowest BCUT2D eigenvalue weighted by Crippen LogP contribution is -2.12. The standard InChI is InChI=1S/C12H14N2S/c1-2-9-8-14-6-5-10(9)12(13)11-4-3-7-15-11/h3-8,12H,2,13H2,1H3. The Morgan fingerprint density at radius 2 is 2.33 bits per heavy atom. The molecule has 0 aliphatic heterocycles. The van der Waals surface area contributed by atoms with E-state index in [9.17, 15) is 0 Å². The Morgan fingerprint density at radius 1 is 1.47 bits per heavy atom. The topological polar surface area (TPSA) is 38.9 Å². The van der Waals surface area contributed by atoms with E-state index in [2.05, 4.69) is 23.4 Å². The Balaban J connectivity index is 2.37. The summed E-state index contributed by atoms with van der Waals surface area (Å²) in [6, 6.07) is 6.12. The van der Waals surface area contributed by atoms with Gasteiger partial charge in [0, 0.05) is 17.3 Å². The molecule has 0 aliphatic carbocycles. The van der Waals surface area contributed by atoms with Crippen LogP contribution < -0.4 is 5.73 Å². The molecule has 0 aromatic carbocycles. The fourth-order valence-corrected chi connectivity index (χ4v) is 2.40. The van der Waals surface area contributed by atoms with Gasteiger partial charge in [-0.15, -0.1) is 11.3 Å². The lowest BCUT2D eigenvalue weighted by molar-refractivity contribution is 0.861. The van der Waals surface area contributed by atoms with Crippen molar-refractivity contribution in [2.75, 3.05) is 0 Å². The molecule has 0 radical (unpaired) electrons. The van der Waals surface area contributed by atoms with E-state index in [4.69, 9.17) is 5.73 Å². The molecule has 2 N–H and O–H groups in total. The first-order valence-corrected chi connectivity index (χ1v) is 5.92. The number of nitrogens with two attached hydrogens (primary N) is 1. The second kappa shape index (κ2) is 4.55. The van der Waals surface area contributed by atoms with Crippen molar-refractivity contribution in [3.8, 4) is 0 Å². The monoisotopic (exact) mass is 218 g/mol. The van der Waals surface area contributed by atoms with Crippen LogP contribution in [0.25, 0.3) is 0 Å². The quantitative estimate of drug-likeness (QED) is 0.860. The summed E-state index contributed by atoms with van der Waals surface area (Å²) in [6.07, 6.45) is 4.69. The Bertz CT molecular complexity index is 423. The average molecular weight is 218 g/mol. The Morgan fingerprint density at radius 3 is 3.00 bits per heavy atom. The predicted molar refractivity (Wildman–Crippen MR) is 64.0 cm³/mol. The van der Waals surface area contributed by atoms with Gasteiger partial charge in [-0.05, 0) is 35.1 Å². The summed E-state index contributed by atoms with van der Waals surface area (Å²) in [7, 11) is 0. The van der Waals surface area contributed by atoms with Crippen molar-refractivity contribution in [1.82, 2.24) is 4.98 Å². The van der Waals surface area contributed by atoms with Crippen LogP contribution in [0.2, 0.25) is 0 Å². The van der Waals surface area contributed by atoms with E-state index in [1.807, 2.05) is 24.5 Å². The van der Waals surface area contributed by atoms with Crippen LogP contribution in [0.3, 0.4) is 0 Å². The van der Waals surface area contributed by atoms with Gasteiger partial charge in [0.2, 0.25) is 0 Å². The zero-order valence-electron chi connectivity index (χ0n) is 8.68. The highest BCUT2D eigenvalue weighted by Crippen LogP contribution is 2.25. The van der Waals surface area contributed by atoms with E-state index in [0.29, 0.717) is 0 Å². The van der Waals surface area contributed by atoms with E-state index in [0.717, 1.165) is 6.42 Å². The van der Waals surface area contributed by atoms with Crippen LogP contribution in [-0.2, 0) is 6.42 Å². The Labute approximate surface area is 93.8 Å². The van der Waals surface area contributed by atoms with Crippen molar-refractivity contribution in [1.29, 1.82) is 0 Å². The second-order valence-corrected chi connectivity index (χ2v) is 4.40. The molecule has 0 amide bonds. The number of pyridine rings is 1. The van der Waals surface area contributed by atoms with Crippen LogP contribution in [0.4, 0.5) is 0 Å². The van der Waals surface area contributed by atoms with Gasteiger partial charge in [-0.1, -0.05) is 13.0 Å². The van der Waals surface area contributed by atoms with Crippen LogP contribution in [-0.4, -0.2) is 4.98 Å². The summed E-state index contributed by atoms with van der Waals surface area (Å²) >= 11 is 1.70. The van der Waals surface area contributed by atoms with Gasteiger partial charge in [-0.25, -0.2) is 0 Å². The molecular weight excluding hydrogens is 204 g/mol. The summed E-state index contributed by atoms with van der Waals surface area (Å²) in [5.74, 6) is 0. The van der Waals surface area contributed by atoms with Gasteiger partial charge in [0.1, 0.15) is 0 Å². The minimum atomic E-state index is -0.0112. The van der Waals surface area contributed by atoms with Gasteiger partial charge in [0.25, 0.3) is 0 Å². The maximum Gasteiger partial charge on any atom is 0.0649 e. The molecule has 0 bridgehead atoms. The normalized spacial score (nSPS) is 12.7. The second-order valence-electron chi connectivity index (χ2n) is 3.42. The maximum atomic E-state index is 6.22. The first-order valence-electron chi connectivity index (χ1n) is 5.04. The molecule has 0 fully saturated rings. The Kier molecular flexibility index (Phi) is 3.14. The van der Waals surface area contributed by atoms with Gasteiger partial charge in [0.05, 0.1) is 6.04 Å². The first-order chi connectivity index (χ1) is 7.33. The van der Waals surface area contributed by atoms with Crippen molar-refractivity contribution < 1.29 is 0 Å². The number of rotatable bonds is 3. The van der Waals surface area contributed by atoms with Gasteiger partial charge in [-0.2, -0.15) is 0 Å². The SMILES string of the molecule is CCc1cnccc1C(N)c1cccs1. The molecule has 2 rings (SSSR count). The lowest BCUT2D eigenvalue weighted by atomic mass is 10.0. The number of nitrogens with zero attached hydrogens (tertiary/aromatic N) is 1. The number of hydrogen-bond acceptors (Lipinski definition) is 3. The fraction of sp³-hybridized carbons (Fsp3) is 0.250. The van der Waals surface area contributed by atoms with Crippen molar-refractivity contribution in [2.45, 2.75) is 19.4 Å². The molecule has 15 heavy (non-hydrogen) atoms. The average Bonchev–Trinajstić information content (AvgIpc) is 2.81. The summed E-state index contributed by atoms with van der Waals surface area (Å²) in [4.78, 5) is 5.33. The van der Waals surface area contributed by atoms with Crippen molar-refractivity contribution >= 4 is 11.3 Å². The number of hydrogen-bond donors (Lipinski definition) is 1. The zero-order chi connectivity index (χ0) is 10.7. The summed E-state index contributed by atoms with van der Waals surface area (Å²) in [6.45, 7) is 2.13. The smallest absolute Gasteiger partial charge is 0.0649 e. The maximum absolute atomic E-state index is 6.22. The molecule has 0 aliphatic rings. The van der Waals surface area contributed by atoms with E-state index in [1.54, 1.807) is 11.3 Å². The molecule has 0 saturated carbocycles. The molecule has 1 atom stereocenters. The number of aromatic nitrogens is 1. The van der Waals surface area contributed by atoms with Crippen LogP contribution in [0.5, 0.6) is 0 Å². The van der Waals surface area contributed by atoms with Gasteiger partial charge >= 0.3 is 0 Å². The fourth-order valence-electron chi connectivity index (χ4n) is 1.66. The van der Waals surface area contributed by atoms with Crippen molar-refractivity contribution in [2.24, 2.45) is 5.73 Å². The number of aryl methyl sites for hydroxylation is 1. The van der Waals surface area contributed by atoms with E-state index in [1.165, 1.54) is 16.0 Å². The third-order valence-corrected chi connectivity index (χ3v) is 3.46. The predicted octanol–water partition coefficient (Wildman–Crippen LogP) is 2.75. The molecular formula is C12H14N2S. The summed E-state index contributed by atoms with van der Waals surface area (Å²) in [5, 5.41) is 2.06. The summed E-state index contributed by atoms with van der Waals surface area (Å²) in [5.41, 5.74) is 8.64. The third kappa shape index (κ3) is 2.08. The molecule has 78 valence electrons. The van der Waals surface area contributed by atoms with Gasteiger partial charge < -0.3 is 5.73 Å². The highest BCUT2D eigenvalue weighted by atomic mass is 32.1. The molecule has 0 spiro atoms. The molecule has 1 unspecified atom stereocenters. The molecule has 2 heterocycles. The highest BCUT2D eigenvalue weighted by Gasteiger charge is 2.12. The van der Waals surface area contributed by atoms with Crippen molar-refractivity contribution in [3.63, 3.8) is 0 Å². The minimum absolute atomic E-state index is 0.0112. The van der Waals surface area contributed by atoms with Crippen LogP contribution >= 0.6 is 11.3 Å². The largest absolute Gasteiger partial charge is 0.320 e. The molecule has 0 saturated heterocycles. The molecule has 2 nitrogen and oxygen atoms in total. The Hall–Kier alpha value is -1.19. The van der Waals surface area contributed by atoms with E-state index < -0.39 is 0 Å². The van der Waals surface area contributed by atoms with E-state index in [-0.39, 0.29) is 6.04 Å². The van der Waals surface area contributed by atoms with Gasteiger partial charge in [-0.3, -0.25) is 4.98 Å². The highest BCUT2D eigenvalue weighted by molar-refractivity contribution is 7.10. The molecule has 2 aromatic heterocycles. The molecule has 2 aromatic rings. The van der Waals surface area contributed by atoms with Crippen LogP contribution in [0.15, 0.2) is 36.0 Å². The third-order valence-electron chi connectivity index (χ3n) is 2.51. The summed E-state index contributed by atoms with van der Waals surface area (Å²) < 4.78 is 0. The lowest BCUT2D eigenvalue weighted by Gasteiger charge is -2.13. The zero-order valence-corrected chi connectivity index (χ0v) is 9.50. The first kappa shape index (κ1) is 10.3. The van der Waals surface area contributed by atoms with Crippen LogP contribution in [0, 0.1) is 0 Å². The number of thiophene rings is 1. The van der Waals surface area contributed by atoms with Crippen LogP contribution in [0.1, 0.15) is 29.0 Å². The minimum Gasteiger partial charge on any atom is -0.320 e. The van der Waals surface area contributed by atoms with Crippen molar-refractivity contribution in [3.05, 3.63) is 52.0 Å². The van der Waals surface area contributed by atoms with Gasteiger partial charge in [0.15, 0.2) is 0 Å².